The zero-order chi connectivity index (χ0) is 21.5. The fraction of sp³-hybridized carbons (Fsp3) is 0.417. The molecular formula is C24H30N2O4. The van der Waals surface area contributed by atoms with E-state index in [0.29, 0.717) is 24.6 Å². The maximum atomic E-state index is 11.5. The summed E-state index contributed by atoms with van der Waals surface area (Å²) in [4.78, 5) is 29.5. The number of rotatable bonds is 8. The van der Waals surface area contributed by atoms with Crippen molar-refractivity contribution < 1.29 is 19.5 Å². The molecule has 6 nitrogen and oxygen atoms in total. The Balaban J connectivity index is 1.64. The molecule has 2 aromatic rings. The lowest BCUT2D eigenvalue weighted by Crippen LogP contribution is -2.36. The molecule has 0 aliphatic carbocycles. The highest BCUT2D eigenvalue weighted by atomic mass is 16.7. The summed E-state index contributed by atoms with van der Waals surface area (Å²) < 4.78 is 0. The van der Waals surface area contributed by atoms with Crippen molar-refractivity contribution in [2.75, 3.05) is 27.2 Å². The van der Waals surface area contributed by atoms with E-state index in [0.717, 1.165) is 37.5 Å². The molecule has 3 rings (SSSR count). The monoisotopic (exact) mass is 410 g/mol. The molecule has 0 aromatic heterocycles. The number of piperidine rings is 1. The van der Waals surface area contributed by atoms with Crippen molar-refractivity contribution in [3.63, 3.8) is 0 Å². The van der Waals surface area contributed by atoms with Gasteiger partial charge in [-0.3, -0.25) is 4.79 Å². The molecule has 0 radical (unpaired) electrons. The molecule has 6 heteroatoms. The number of likely N-dealkylation sites (tertiary alicyclic amines) is 1. The van der Waals surface area contributed by atoms with Gasteiger partial charge in [-0.1, -0.05) is 48.5 Å². The lowest BCUT2D eigenvalue weighted by atomic mass is 9.88. The van der Waals surface area contributed by atoms with Gasteiger partial charge >= 0.3 is 6.09 Å². The first-order chi connectivity index (χ1) is 14.5. The minimum absolute atomic E-state index is 0.0172. The second kappa shape index (κ2) is 10.4. The van der Waals surface area contributed by atoms with E-state index in [-0.39, 0.29) is 6.04 Å². The van der Waals surface area contributed by atoms with Crippen molar-refractivity contribution in [1.29, 1.82) is 0 Å². The fourth-order valence-corrected chi connectivity index (χ4v) is 4.25. The van der Waals surface area contributed by atoms with Crippen molar-refractivity contribution in [1.82, 2.24) is 9.96 Å². The fourth-order valence-electron chi connectivity index (χ4n) is 4.25. The van der Waals surface area contributed by atoms with Gasteiger partial charge in [0.25, 0.3) is 0 Å². The first-order valence-electron chi connectivity index (χ1n) is 10.4. The second-order valence-electron chi connectivity index (χ2n) is 7.82. The summed E-state index contributed by atoms with van der Waals surface area (Å²) >= 11 is 0. The number of benzene rings is 2. The molecule has 1 heterocycles. The van der Waals surface area contributed by atoms with E-state index in [1.54, 1.807) is 12.2 Å². The van der Waals surface area contributed by atoms with E-state index in [1.807, 2.05) is 31.3 Å². The number of carboxylic acid groups (broad SMARTS) is 1. The van der Waals surface area contributed by atoms with Gasteiger partial charge in [0.1, 0.15) is 6.29 Å². The molecule has 1 unspecified atom stereocenters. The summed E-state index contributed by atoms with van der Waals surface area (Å²) in [5.74, 6) is 0.418. The van der Waals surface area contributed by atoms with Gasteiger partial charge in [-0.25, -0.2) is 4.79 Å². The van der Waals surface area contributed by atoms with Gasteiger partial charge in [-0.2, -0.15) is 5.06 Å². The minimum atomic E-state index is -0.824. The summed E-state index contributed by atoms with van der Waals surface area (Å²) in [7, 11) is 3.53. The Morgan fingerprint density at radius 3 is 2.47 bits per heavy atom. The summed E-state index contributed by atoms with van der Waals surface area (Å²) in [6.07, 6.45) is 3.50. The van der Waals surface area contributed by atoms with E-state index in [9.17, 15) is 9.59 Å². The molecule has 0 saturated carbocycles. The number of carbonyl (C=O) groups excluding carboxylic acids is 1. The van der Waals surface area contributed by atoms with Crippen LogP contribution in [-0.4, -0.2) is 54.7 Å². The second-order valence-corrected chi connectivity index (χ2v) is 7.82. The van der Waals surface area contributed by atoms with Gasteiger partial charge in [0, 0.05) is 25.7 Å². The zero-order valence-corrected chi connectivity index (χ0v) is 17.7. The third-order valence-electron chi connectivity index (χ3n) is 6.13. The number of hydroxylamine groups is 2. The highest BCUT2D eigenvalue weighted by Gasteiger charge is 2.23. The largest absolute Gasteiger partial charge is 0.465 e. The highest BCUT2D eigenvalue weighted by Crippen LogP contribution is 2.30. The molecule has 1 N–H and O–H groups in total. The summed E-state index contributed by atoms with van der Waals surface area (Å²) in [5, 5.41) is 10.9. The van der Waals surface area contributed by atoms with Crippen LogP contribution in [0.2, 0.25) is 0 Å². The lowest BCUT2D eigenvalue weighted by Gasteiger charge is -2.30. The Hall–Kier alpha value is -2.70. The van der Waals surface area contributed by atoms with Crippen molar-refractivity contribution in [2.24, 2.45) is 0 Å². The normalized spacial score (nSPS) is 15.9. The van der Waals surface area contributed by atoms with Crippen LogP contribution in [0.4, 0.5) is 4.79 Å². The number of aldehydes is 1. The standard InChI is InChI=1S/C24H30N2O4/c1-25(30-2)23(22-6-4-3-5-21(22)17-27)12-9-18-7-10-19(11-8-18)20-13-15-26(16-14-20)24(28)29/h3-8,10-11,17,20,23H,9,12-16H2,1-2H3,(H,28,29). The quantitative estimate of drug-likeness (QED) is 0.512. The van der Waals surface area contributed by atoms with Crippen molar-refractivity contribution in [3.8, 4) is 0 Å². The third kappa shape index (κ3) is 5.26. The van der Waals surface area contributed by atoms with E-state index < -0.39 is 6.09 Å². The number of amides is 1. The predicted octanol–water partition coefficient (Wildman–Crippen LogP) is 4.52. The summed E-state index contributed by atoms with van der Waals surface area (Å²) in [6.45, 7) is 1.20. The van der Waals surface area contributed by atoms with Gasteiger partial charge in [-0.05, 0) is 48.3 Å². The molecule has 30 heavy (non-hydrogen) atoms. The molecule has 0 spiro atoms. The summed E-state index contributed by atoms with van der Waals surface area (Å²) in [5.41, 5.74) is 4.17. The average molecular weight is 411 g/mol. The van der Waals surface area contributed by atoms with Crippen LogP contribution in [0, 0.1) is 0 Å². The lowest BCUT2D eigenvalue weighted by molar-refractivity contribution is -0.144. The van der Waals surface area contributed by atoms with Crippen molar-refractivity contribution in [3.05, 3.63) is 70.8 Å². The molecule has 1 amide bonds. The number of nitrogens with zero attached hydrogens (tertiary/aromatic N) is 2. The van der Waals surface area contributed by atoms with E-state index in [4.69, 9.17) is 9.94 Å². The Bertz CT molecular complexity index is 845. The molecule has 2 aromatic carbocycles. The first-order valence-corrected chi connectivity index (χ1v) is 10.4. The number of hydrogen-bond donors (Lipinski definition) is 1. The summed E-state index contributed by atoms with van der Waals surface area (Å²) in [6, 6.07) is 16.3. The van der Waals surface area contributed by atoms with Crippen LogP contribution in [-0.2, 0) is 11.3 Å². The highest BCUT2D eigenvalue weighted by molar-refractivity contribution is 5.77. The van der Waals surface area contributed by atoms with Gasteiger partial charge in [0.15, 0.2) is 0 Å². The average Bonchev–Trinajstić information content (AvgIpc) is 2.79. The topological polar surface area (TPSA) is 70.1 Å². The van der Waals surface area contributed by atoms with Crippen LogP contribution < -0.4 is 0 Å². The third-order valence-corrected chi connectivity index (χ3v) is 6.13. The Morgan fingerprint density at radius 2 is 1.87 bits per heavy atom. The SMILES string of the molecule is CON(C)C(CCc1ccc(C2CCN(C(=O)O)CC2)cc1)c1ccccc1C=O. The number of aryl methyl sites for hydroxylation is 1. The first kappa shape index (κ1) is 22.0. The Kier molecular flexibility index (Phi) is 7.60. The number of carbonyl (C=O) groups is 2. The van der Waals surface area contributed by atoms with Crippen LogP contribution in [0.25, 0.3) is 0 Å². The van der Waals surface area contributed by atoms with Crippen LogP contribution in [0.1, 0.15) is 58.3 Å². The molecule has 1 atom stereocenters. The Labute approximate surface area is 178 Å². The van der Waals surface area contributed by atoms with Crippen LogP contribution in [0.3, 0.4) is 0 Å². The van der Waals surface area contributed by atoms with Crippen LogP contribution >= 0.6 is 0 Å². The van der Waals surface area contributed by atoms with Gasteiger partial charge in [0.05, 0.1) is 13.2 Å². The molecule has 160 valence electrons. The number of hydrogen-bond acceptors (Lipinski definition) is 4. The van der Waals surface area contributed by atoms with Gasteiger partial charge in [-0.15, -0.1) is 0 Å². The van der Waals surface area contributed by atoms with Crippen LogP contribution in [0.15, 0.2) is 48.5 Å². The molecule has 1 aliphatic rings. The maximum absolute atomic E-state index is 11.5. The maximum Gasteiger partial charge on any atom is 0.407 e. The van der Waals surface area contributed by atoms with Crippen LogP contribution in [0.5, 0.6) is 0 Å². The molecule has 0 bridgehead atoms. The molecular weight excluding hydrogens is 380 g/mol. The molecule has 1 aliphatic heterocycles. The van der Waals surface area contributed by atoms with Crippen molar-refractivity contribution in [2.45, 2.75) is 37.6 Å². The molecule has 1 fully saturated rings. The predicted molar refractivity (Wildman–Crippen MR) is 116 cm³/mol. The van der Waals surface area contributed by atoms with E-state index >= 15 is 0 Å². The van der Waals surface area contributed by atoms with Gasteiger partial charge in [0.2, 0.25) is 0 Å². The smallest absolute Gasteiger partial charge is 0.407 e. The minimum Gasteiger partial charge on any atom is -0.465 e. The van der Waals surface area contributed by atoms with E-state index in [2.05, 4.69) is 24.3 Å². The van der Waals surface area contributed by atoms with E-state index in [1.165, 1.54) is 16.0 Å². The Morgan fingerprint density at radius 1 is 1.20 bits per heavy atom. The van der Waals surface area contributed by atoms with Crippen molar-refractivity contribution >= 4 is 12.4 Å². The molecule has 1 saturated heterocycles. The van der Waals surface area contributed by atoms with Gasteiger partial charge < -0.3 is 14.8 Å². The zero-order valence-electron chi connectivity index (χ0n) is 17.7.